The minimum atomic E-state index is -0.458. The van der Waals surface area contributed by atoms with Gasteiger partial charge in [-0.05, 0) is 23.6 Å². The molecule has 3 heterocycles. The quantitative estimate of drug-likeness (QED) is 0.621. The molecule has 0 unspecified atom stereocenters. The first-order valence-corrected chi connectivity index (χ1v) is 7.46. The Bertz CT molecular complexity index is 961. The fourth-order valence-electron chi connectivity index (χ4n) is 2.07. The van der Waals surface area contributed by atoms with Gasteiger partial charge in [-0.25, -0.2) is 4.39 Å². The molecule has 2 N–H and O–H groups in total. The third-order valence-corrected chi connectivity index (χ3v) is 4.02. The summed E-state index contributed by atoms with van der Waals surface area (Å²) in [6.45, 7) is 0. The Kier molecular flexibility index (Phi) is 3.12. The zero-order valence-corrected chi connectivity index (χ0v) is 12.4. The highest BCUT2D eigenvalue weighted by Gasteiger charge is 2.21. The summed E-state index contributed by atoms with van der Waals surface area (Å²) in [5, 5.41) is 13.6. The Morgan fingerprint density at radius 2 is 2.04 bits per heavy atom. The molecule has 0 aliphatic carbocycles. The molecular formula is C14H9FN6OS. The van der Waals surface area contributed by atoms with E-state index in [4.69, 9.17) is 10.3 Å². The van der Waals surface area contributed by atoms with Gasteiger partial charge in [0, 0.05) is 0 Å². The SMILES string of the molecule is Nc1c(-c2nc(-c3cccs3)no2)nnn1-c1ccccc1F. The molecule has 4 aromatic rings. The fraction of sp³-hybridized carbons (Fsp3) is 0. The van der Waals surface area contributed by atoms with E-state index < -0.39 is 5.82 Å². The second kappa shape index (κ2) is 5.29. The molecule has 1 aromatic carbocycles. The summed E-state index contributed by atoms with van der Waals surface area (Å²) < 4.78 is 20.2. The second-order valence-electron chi connectivity index (χ2n) is 4.59. The Labute approximate surface area is 133 Å². The number of para-hydroxylation sites is 1. The lowest BCUT2D eigenvalue weighted by Crippen LogP contribution is -2.04. The van der Waals surface area contributed by atoms with Crippen molar-refractivity contribution in [1.82, 2.24) is 25.1 Å². The monoisotopic (exact) mass is 328 g/mol. The van der Waals surface area contributed by atoms with Crippen LogP contribution in [0.4, 0.5) is 10.2 Å². The largest absolute Gasteiger partial charge is 0.382 e. The van der Waals surface area contributed by atoms with Crippen molar-refractivity contribution in [2.45, 2.75) is 0 Å². The molecule has 0 aliphatic rings. The standard InChI is InChI=1S/C14H9FN6OS/c15-8-4-1-2-5-9(8)21-12(16)11(18-20-21)14-17-13(19-22-14)10-6-3-7-23-10/h1-7H,16H2. The van der Waals surface area contributed by atoms with Crippen LogP contribution in [0.3, 0.4) is 0 Å². The molecule has 3 aromatic heterocycles. The maximum Gasteiger partial charge on any atom is 0.282 e. The lowest BCUT2D eigenvalue weighted by Gasteiger charge is -2.03. The van der Waals surface area contributed by atoms with Crippen LogP contribution in [0.1, 0.15) is 0 Å². The summed E-state index contributed by atoms with van der Waals surface area (Å²) in [4.78, 5) is 5.12. The highest BCUT2D eigenvalue weighted by molar-refractivity contribution is 7.13. The number of halogens is 1. The zero-order chi connectivity index (χ0) is 15.8. The van der Waals surface area contributed by atoms with Crippen LogP contribution in [0.5, 0.6) is 0 Å². The molecule has 0 bridgehead atoms. The van der Waals surface area contributed by atoms with Crippen molar-refractivity contribution in [3.05, 3.63) is 47.6 Å². The number of rotatable bonds is 3. The predicted octanol–water partition coefficient (Wildman–Crippen LogP) is 2.77. The van der Waals surface area contributed by atoms with E-state index in [9.17, 15) is 4.39 Å². The number of thiophene rings is 1. The van der Waals surface area contributed by atoms with Crippen molar-refractivity contribution in [3.63, 3.8) is 0 Å². The van der Waals surface area contributed by atoms with Crippen molar-refractivity contribution in [2.75, 3.05) is 5.73 Å². The van der Waals surface area contributed by atoms with Crippen LogP contribution in [0.15, 0.2) is 46.3 Å². The van der Waals surface area contributed by atoms with Gasteiger partial charge in [-0.3, -0.25) is 0 Å². The number of hydrogen-bond donors (Lipinski definition) is 1. The van der Waals surface area contributed by atoms with Crippen LogP contribution >= 0.6 is 11.3 Å². The van der Waals surface area contributed by atoms with Gasteiger partial charge < -0.3 is 10.3 Å². The van der Waals surface area contributed by atoms with Crippen molar-refractivity contribution in [3.8, 4) is 28.0 Å². The maximum absolute atomic E-state index is 13.9. The Hall–Kier alpha value is -3.07. The average molecular weight is 328 g/mol. The Balaban J connectivity index is 1.76. The summed E-state index contributed by atoms with van der Waals surface area (Å²) in [7, 11) is 0. The van der Waals surface area contributed by atoms with Gasteiger partial charge in [0.15, 0.2) is 11.5 Å². The zero-order valence-electron chi connectivity index (χ0n) is 11.5. The third-order valence-electron chi connectivity index (χ3n) is 3.16. The molecule has 7 nitrogen and oxygen atoms in total. The molecule has 0 aliphatic heterocycles. The van der Waals surface area contributed by atoms with Crippen LogP contribution in [0, 0.1) is 5.82 Å². The number of nitrogens with two attached hydrogens (primary N) is 1. The number of hydrogen-bond acceptors (Lipinski definition) is 7. The lowest BCUT2D eigenvalue weighted by atomic mass is 10.3. The number of aromatic nitrogens is 5. The molecule has 0 saturated heterocycles. The van der Waals surface area contributed by atoms with Crippen LogP contribution in [-0.2, 0) is 0 Å². The molecule has 23 heavy (non-hydrogen) atoms. The van der Waals surface area contributed by atoms with E-state index in [1.165, 1.54) is 22.1 Å². The van der Waals surface area contributed by atoms with Crippen molar-refractivity contribution < 1.29 is 8.91 Å². The molecule has 0 fully saturated rings. The van der Waals surface area contributed by atoms with E-state index in [1.54, 1.807) is 18.2 Å². The van der Waals surface area contributed by atoms with Crippen molar-refractivity contribution in [2.24, 2.45) is 0 Å². The summed E-state index contributed by atoms with van der Waals surface area (Å²) in [6, 6.07) is 9.89. The normalized spacial score (nSPS) is 11.0. The first kappa shape index (κ1) is 13.6. The fourth-order valence-corrected chi connectivity index (χ4v) is 2.72. The first-order valence-electron chi connectivity index (χ1n) is 6.58. The van der Waals surface area contributed by atoms with Gasteiger partial charge in [-0.2, -0.15) is 9.67 Å². The topological polar surface area (TPSA) is 95.7 Å². The van der Waals surface area contributed by atoms with E-state index in [0.717, 1.165) is 4.88 Å². The van der Waals surface area contributed by atoms with Gasteiger partial charge >= 0.3 is 0 Å². The summed E-state index contributed by atoms with van der Waals surface area (Å²) in [5.74, 6) is 0.236. The van der Waals surface area contributed by atoms with Crippen LogP contribution in [0.2, 0.25) is 0 Å². The van der Waals surface area contributed by atoms with E-state index in [-0.39, 0.29) is 23.1 Å². The lowest BCUT2D eigenvalue weighted by molar-refractivity contribution is 0.431. The molecule has 9 heteroatoms. The molecule has 0 saturated carbocycles. The minimum Gasteiger partial charge on any atom is -0.382 e. The minimum absolute atomic E-state index is 0.122. The second-order valence-corrected chi connectivity index (χ2v) is 5.53. The van der Waals surface area contributed by atoms with Gasteiger partial charge in [0.05, 0.1) is 4.88 Å². The van der Waals surface area contributed by atoms with E-state index in [1.807, 2.05) is 17.5 Å². The maximum atomic E-state index is 13.9. The summed E-state index contributed by atoms with van der Waals surface area (Å²) >= 11 is 1.49. The van der Waals surface area contributed by atoms with Gasteiger partial charge in [-0.15, -0.1) is 16.4 Å². The molecule has 0 amide bonds. The molecule has 114 valence electrons. The van der Waals surface area contributed by atoms with Crippen LogP contribution in [-0.4, -0.2) is 25.1 Å². The number of benzene rings is 1. The number of nitrogen functional groups attached to an aromatic ring is 1. The molecule has 4 rings (SSSR count). The molecule has 0 atom stereocenters. The van der Waals surface area contributed by atoms with E-state index in [0.29, 0.717) is 5.82 Å². The van der Waals surface area contributed by atoms with Gasteiger partial charge in [-0.1, -0.05) is 28.6 Å². The number of anilines is 1. The highest BCUT2D eigenvalue weighted by Crippen LogP contribution is 2.28. The summed E-state index contributed by atoms with van der Waals surface area (Å²) in [6.07, 6.45) is 0. The predicted molar refractivity (Wildman–Crippen MR) is 82.3 cm³/mol. The first-order chi connectivity index (χ1) is 11.2. The van der Waals surface area contributed by atoms with Crippen LogP contribution in [0.25, 0.3) is 28.0 Å². The third kappa shape index (κ3) is 2.27. The smallest absolute Gasteiger partial charge is 0.282 e. The van der Waals surface area contributed by atoms with Crippen molar-refractivity contribution >= 4 is 17.2 Å². The number of nitrogens with zero attached hydrogens (tertiary/aromatic N) is 5. The summed E-state index contributed by atoms with van der Waals surface area (Å²) in [5.41, 5.74) is 6.42. The van der Waals surface area contributed by atoms with E-state index in [2.05, 4.69) is 20.5 Å². The van der Waals surface area contributed by atoms with Crippen molar-refractivity contribution in [1.29, 1.82) is 0 Å². The Morgan fingerprint density at radius 1 is 1.17 bits per heavy atom. The van der Waals surface area contributed by atoms with Crippen LogP contribution < -0.4 is 5.73 Å². The molecular weight excluding hydrogens is 319 g/mol. The van der Waals surface area contributed by atoms with Gasteiger partial charge in [0.2, 0.25) is 5.82 Å². The highest BCUT2D eigenvalue weighted by atomic mass is 32.1. The van der Waals surface area contributed by atoms with Gasteiger partial charge in [0.1, 0.15) is 11.5 Å². The average Bonchev–Trinajstić information content (AvgIpc) is 3.27. The van der Waals surface area contributed by atoms with E-state index >= 15 is 0 Å². The molecule has 0 spiro atoms. The van der Waals surface area contributed by atoms with Gasteiger partial charge in [0.25, 0.3) is 5.89 Å². The Morgan fingerprint density at radius 3 is 2.83 bits per heavy atom. The molecule has 0 radical (unpaired) electrons.